The Hall–Kier alpha value is -2.16. The van der Waals surface area contributed by atoms with E-state index in [2.05, 4.69) is 20.3 Å². The zero-order valence-corrected chi connectivity index (χ0v) is 13.6. The van der Waals surface area contributed by atoms with Crippen LogP contribution in [0.5, 0.6) is 0 Å². The first kappa shape index (κ1) is 16.7. The first-order chi connectivity index (χ1) is 11.6. The molecule has 2 aromatic rings. The number of piperazine rings is 1. The summed E-state index contributed by atoms with van der Waals surface area (Å²) in [6, 6.07) is 5.23. The molecular formula is C16H22N4O4. The summed E-state index contributed by atoms with van der Waals surface area (Å²) >= 11 is 0. The average molecular weight is 334 g/mol. The van der Waals surface area contributed by atoms with Crippen LogP contribution < -0.4 is 5.32 Å². The minimum absolute atomic E-state index is 0.104. The van der Waals surface area contributed by atoms with Gasteiger partial charge in [0, 0.05) is 38.8 Å². The van der Waals surface area contributed by atoms with E-state index in [4.69, 9.17) is 8.94 Å². The van der Waals surface area contributed by atoms with Gasteiger partial charge in [-0.1, -0.05) is 5.16 Å². The summed E-state index contributed by atoms with van der Waals surface area (Å²) in [5.41, 5.74) is 0. The number of aliphatic hydroxyl groups excluding tert-OH is 1. The third-order valence-corrected chi connectivity index (χ3v) is 4.03. The number of carbonyl (C=O) groups excluding carboxylic acids is 1. The fraction of sp³-hybridized carbons (Fsp3) is 0.500. The van der Waals surface area contributed by atoms with Crippen LogP contribution in [0.2, 0.25) is 0 Å². The van der Waals surface area contributed by atoms with Gasteiger partial charge in [0.2, 0.25) is 5.91 Å². The van der Waals surface area contributed by atoms with Crippen LogP contribution in [0.15, 0.2) is 33.4 Å². The monoisotopic (exact) mass is 334 g/mol. The summed E-state index contributed by atoms with van der Waals surface area (Å²) in [4.78, 5) is 16.3. The fourth-order valence-corrected chi connectivity index (χ4v) is 2.76. The van der Waals surface area contributed by atoms with Gasteiger partial charge in [-0.25, -0.2) is 0 Å². The fourth-order valence-electron chi connectivity index (χ4n) is 2.76. The Morgan fingerprint density at radius 2 is 2.12 bits per heavy atom. The van der Waals surface area contributed by atoms with E-state index in [1.54, 1.807) is 31.4 Å². The molecule has 0 spiro atoms. The maximum absolute atomic E-state index is 12.0. The van der Waals surface area contributed by atoms with E-state index in [0.717, 1.165) is 26.2 Å². The summed E-state index contributed by atoms with van der Waals surface area (Å²) in [6.07, 6.45) is 0.941. The van der Waals surface area contributed by atoms with Crippen LogP contribution in [0.25, 0.3) is 0 Å². The molecule has 1 saturated heterocycles. The first-order valence-corrected chi connectivity index (χ1v) is 7.99. The van der Waals surface area contributed by atoms with E-state index >= 15 is 0 Å². The SMILES string of the molecule is Cc1cc(NC(=O)CN2CCN(CC(O)c3ccco3)CC2)no1. The molecule has 130 valence electrons. The molecule has 8 heteroatoms. The quantitative estimate of drug-likeness (QED) is 0.809. The molecule has 2 aromatic heterocycles. The maximum atomic E-state index is 12.0. The molecule has 0 radical (unpaired) electrons. The molecule has 3 rings (SSSR count). The molecule has 0 bridgehead atoms. The summed E-state index contributed by atoms with van der Waals surface area (Å²) in [5, 5.41) is 16.6. The highest BCUT2D eigenvalue weighted by atomic mass is 16.5. The Morgan fingerprint density at radius 1 is 1.38 bits per heavy atom. The topological polar surface area (TPSA) is 95.0 Å². The van der Waals surface area contributed by atoms with Crippen LogP contribution >= 0.6 is 0 Å². The maximum Gasteiger partial charge on any atom is 0.239 e. The second-order valence-corrected chi connectivity index (χ2v) is 5.98. The molecule has 1 aliphatic rings. The molecule has 0 saturated carbocycles. The predicted octanol–water partition coefficient (Wildman–Crippen LogP) is 0.866. The third-order valence-electron chi connectivity index (χ3n) is 4.03. The van der Waals surface area contributed by atoms with Crippen molar-refractivity contribution in [3.63, 3.8) is 0 Å². The molecule has 8 nitrogen and oxygen atoms in total. The average Bonchev–Trinajstić information content (AvgIpc) is 3.21. The van der Waals surface area contributed by atoms with Crippen LogP contribution in [0.1, 0.15) is 17.6 Å². The van der Waals surface area contributed by atoms with Gasteiger partial charge in [-0.05, 0) is 19.1 Å². The molecule has 24 heavy (non-hydrogen) atoms. The van der Waals surface area contributed by atoms with Crippen LogP contribution in [-0.2, 0) is 4.79 Å². The lowest BCUT2D eigenvalue weighted by atomic mass is 10.2. The normalized spacial score (nSPS) is 17.8. The Labute approximate surface area is 140 Å². The second-order valence-electron chi connectivity index (χ2n) is 5.98. The molecule has 2 N–H and O–H groups in total. The van der Waals surface area contributed by atoms with Crippen molar-refractivity contribution in [3.05, 3.63) is 36.0 Å². The zero-order valence-electron chi connectivity index (χ0n) is 13.6. The Kier molecular flexibility index (Phi) is 5.29. The smallest absolute Gasteiger partial charge is 0.239 e. The standard InChI is InChI=1S/C16H22N4O4/c1-12-9-15(18-24-12)17-16(22)11-20-6-4-19(5-7-20)10-13(21)14-3-2-8-23-14/h2-3,8-9,13,21H,4-7,10-11H2,1H3,(H,17,18,22). The molecule has 1 fully saturated rings. The number of amides is 1. The highest BCUT2D eigenvalue weighted by molar-refractivity contribution is 5.91. The molecular weight excluding hydrogens is 312 g/mol. The molecule has 0 aliphatic carbocycles. The number of carbonyl (C=O) groups is 1. The van der Waals surface area contributed by atoms with Crippen molar-refractivity contribution < 1.29 is 18.8 Å². The minimum atomic E-state index is -0.620. The highest BCUT2D eigenvalue weighted by Gasteiger charge is 2.22. The number of furan rings is 1. The van der Waals surface area contributed by atoms with Crippen LogP contribution in [-0.4, -0.2) is 65.2 Å². The lowest BCUT2D eigenvalue weighted by Crippen LogP contribution is -2.49. The van der Waals surface area contributed by atoms with Crippen LogP contribution in [0.4, 0.5) is 5.82 Å². The van der Waals surface area contributed by atoms with Crippen molar-refractivity contribution in [1.29, 1.82) is 0 Å². The van der Waals surface area contributed by atoms with Gasteiger partial charge in [0.15, 0.2) is 5.82 Å². The van der Waals surface area contributed by atoms with E-state index in [9.17, 15) is 9.90 Å². The minimum Gasteiger partial charge on any atom is -0.467 e. The number of hydrogen-bond acceptors (Lipinski definition) is 7. The molecule has 1 amide bonds. The van der Waals surface area contributed by atoms with Crippen molar-refractivity contribution in [3.8, 4) is 0 Å². The van der Waals surface area contributed by atoms with E-state index in [1.807, 2.05) is 0 Å². The molecule has 1 unspecified atom stereocenters. The Morgan fingerprint density at radius 3 is 2.75 bits per heavy atom. The van der Waals surface area contributed by atoms with Crippen LogP contribution in [0.3, 0.4) is 0 Å². The predicted molar refractivity (Wildman–Crippen MR) is 86.4 cm³/mol. The molecule has 0 aromatic carbocycles. The number of nitrogens with zero attached hydrogens (tertiary/aromatic N) is 3. The van der Waals surface area contributed by atoms with Gasteiger partial charge in [0.05, 0.1) is 12.8 Å². The highest BCUT2D eigenvalue weighted by Crippen LogP contribution is 2.15. The van der Waals surface area contributed by atoms with Gasteiger partial charge in [-0.2, -0.15) is 0 Å². The summed E-state index contributed by atoms with van der Waals surface area (Å²) in [5.74, 6) is 1.58. The van der Waals surface area contributed by atoms with Gasteiger partial charge < -0.3 is 19.4 Å². The molecule has 1 atom stereocenters. The number of rotatable bonds is 6. The zero-order chi connectivity index (χ0) is 16.9. The van der Waals surface area contributed by atoms with Crippen molar-refractivity contribution in [2.45, 2.75) is 13.0 Å². The number of aliphatic hydroxyl groups is 1. The van der Waals surface area contributed by atoms with Gasteiger partial charge in [0.25, 0.3) is 0 Å². The third kappa shape index (κ3) is 4.44. The van der Waals surface area contributed by atoms with E-state index < -0.39 is 6.10 Å². The van der Waals surface area contributed by atoms with Crippen molar-refractivity contribution in [1.82, 2.24) is 15.0 Å². The largest absolute Gasteiger partial charge is 0.467 e. The summed E-state index contributed by atoms with van der Waals surface area (Å²) in [7, 11) is 0. The van der Waals surface area contributed by atoms with Crippen LogP contribution in [0, 0.1) is 6.92 Å². The summed E-state index contributed by atoms with van der Waals surface area (Å²) in [6.45, 7) is 5.78. The van der Waals surface area contributed by atoms with Gasteiger partial charge >= 0.3 is 0 Å². The van der Waals surface area contributed by atoms with Gasteiger partial charge in [-0.3, -0.25) is 14.6 Å². The number of aromatic nitrogens is 1. The van der Waals surface area contributed by atoms with E-state index in [-0.39, 0.29) is 5.91 Å². The van der Waals surface area contributed by atoms with E-state index in [1.165, 1.54) is 0 Å². The Bertz CT molecular complexity index is 647. The number of aryl methyl sites for hydroxylation is 1. The number of β-amino-alcohol motifs (C(OH)–C–C–N with tert-alkyl or cyclic N) is 1. The van der Waals surface area contributed by atoms with Gasteiger partial charge in [-0.15, -0.1) is 0 Å². The first-order valence-electron chi connectivity index (χ1n) is 7.99. The lowest BCUT2D eigenvalue weighted by Gasteiger charge is -2.34. The van der Waals surface area contributed by atoms with E-state index in [0.29, 0.717) is 30.4 Å². The molecule has 3 heterocycles. The second kappa shape index (κ2) is 7.61. The Balaban J connectivity index is 1.39. The number of hydrogen-bond donors (Lipinski definition) is 2. The molecule has 1 aliphatic heterocycles. The van der Waals surface area contributed by atoms with Crippen molar-refractivity contribution in [2.75, 3.05) is 44.6 Å². The lowest BCUT2D eigenvalue weighted by molar-refractivity contribution is -0.117. The summed E-state index contributed by atoms with van der Waals surface area (Å²) < 4.78 is 10.1. The number of nitrogens with one attached hydrogen (secondary N) is 1. The number of anilines is 1. The van der Waals surface area contributed by atoms with Crippen molar-refractivity contribution in [2.24, 2.45) is 0 Å². The van der Waals surface area contributed by atoms with Crippen molar-refractivity contribution >= 4 is 11.7 Å². The van der Waals surface area contributed by atoms with Gasteiger partial charge in [0.1, 0.15) is 17.6 Å².